The van der Waals surface area contributed by atoms with Gasteiger partial charge in [-0.3, -0.25) is 9.59 Å². The highest BCUT2D eigenvalue weighted by atomic mass is 32.2. The zero-order valence-corrected chi connectivity index (χ0v) is 16.2. The van der Waals surface area contributed by atoms with E-state index in [0.717, 1.165) is 28.0 Å². The molecular weight excluding hydrogens is 364 g/mol. The number of carbonyl (C=O) groups is 2. The average Bonchev–Trinajstić information content (AvgIpc) is 3.03. The van der Waals surface area contributed by atoms with Crippen molar-refractivity contribution in [1.82, 2.24) is 19.9 Å². The first kappa shape index (κ1) is 18.9. The number of rotatable bonds is 6. The summed E-state index contributed by atoms with van der Waals surface area (Å²) in [6, 6.07) is 11.9. The van der Waals surface area contributed by atoms with Gasteiger partial charge in [-0.2, -0.15) is 5.10 Å². The fourth-order valence-corrected chi connectivity index (χ4v) is 3.49. The number of esters is 1. The van der Waals surface area contributed by atoms with Crippen LogP contribution in [0.5, 0.6) is 0 Å². The number of nitrogens with one attached hydrogen (secondary N) is 1. The van der Waals surface area contributed by atoms with Gasteiger partial charge in [0, 0.05) is 5.56 Å². The van der Waals surface area contributed by atoms with Crippen molar-refractivity contribution in [3.8, 4) is 11.3 Å². The Labute approximate surface area is 161 Å². The van der Waals surface area contributed by atoms with E-state index in [0.29, 0.717) is 5.16 Å². The Morgan fingerprint density at radius 1 is 1.22 bits per heavy atom. The van der Waals surface area contributed by atoms with Crippen molar-refractivity contribution < 1.29 is 14.3 Å². The molecule has 1 amide bonds. The third-order valence-electron chi connectivity index (χ3n) is 3.92. The minimum absolute atomic E-state index is 0.124. The number of methoxy groups -OCH3 is 1. The lowest BCUT2D eigenvalue weighted by Crippen LogP contribution is -2.31. The predicted octanol–water partition coefficient (Wildman–Crippen LogP) is 2.39. The molecule has 0 atom stereocenters. The number of hydrogen-bond donors (Lipinski definition) is 1. The van der Waals surface area contributed by atoms with E-state index in [1.165, 1.54) is 18.9 Å². The molecule has 2 aromatic heterocycles. The van der Waals surface area contributed by atoms with Crippen LogP contribution in [0.25, 0.3) is 16.8 Å². The maximum atomic E-state index is 12.0. The Kier molecular flexibility index (Phi) is 5.75. The smallest absolute Gasteiger partial charge is 0.325 e. The van der Waals surface area contributed by atoms with Crippen LogP contribution in [0.1, 0.15) is 11.3 Å². The second-order valence-corrected chi connectivity index (χ2v) is 6.92. The molecule has 0 aliphatic heterocycles. The molecule has 1 aromatic carbocycles. The van der Waals surface area contributed by atoms with E-state index in [-0.39, 0.29) is 18.2 Å². The molecule has 0 saturated carbocycles. The molecule has 2 heterocycles. The molecule has 0 radical (unpaired) electrons. The molecule has 1 N–H and O–H groups in total. The van der Waals surface area contributed by atoms with Gasteiger partial charge in [-0.25, -0.2) is 9.50 Å². The average molecular weight is 384 g/mol. The van der Waals surface area contributed by atoms with Crippen LogP contribution >= 0.6 is 11.8 Å². The molecule has 0 fully saturated rings. The van der Waals surface area contributed by atoms with E-state index in [2.05, 4.69) is 15.2 Å². The summed E-state index contributed by atoms with van der Waals surface area (Å²) in [4.78, 5) is 27.9. The van der Waals surface area contributed by atoms with E-state index in [1.54, 1.807) is 4.52 Å². The normalized spacial score (nSPS) is 10.8. The first-order valence-electron chi connectivity index (χ1n) is 8.38. The zero-order chi connectivity index (χ0) is 19.4. The zero-order valence-electron chi connectivity index (χ0n) is 15.4. The molecule has 0 aliphatic carbocycles. The first-order chi connectivity index (χ1) is 13.0. The maximum Gasteiger partial charge on any atom is 0.325 e. The highest BCUT2D eigenvalue weighted by Gasteiger charge is 2.18. The van der Waals surface area contributed by atoms with E-state index >= 15 is 0 Å². The number of fused-ring (bicyclic) bond motifs is 1. The molecule has 140 valence electrons. The fourth-order valence-electron chi connectivity index (χ4n) is 2.72. The lowest BCUT2D eigenvalue weighted by molar-refractivity contribution is -0.140. The minimum Gasteiger partial charge on any atom is -0.468 e. The molecule has 3 aromatic rings. The fraction of sp³-hybridized carbons (Fsp3) is 0.263. The van der Waals surface area contributed by atoms with Crippen LogP contribution in [0.15, 0.2) is 41.6 Å². The number of carbonyl (C=O) groups excluding carboxylic acids is 2. The maximum absolute atomic E-state index is 12.0. The van der Waals surface area contributed by atoms with Gasteiger partial charge in [-0.05, 0) is 25.5 Å². The highest BCUT2D eigenvalue weighted by molar-refractivity contribution is 7.99. The summed E-state index contributed by atoms with van der Waals surface area (Å²) in [7, 11) is 1.28. The largest absolute Gasteiger partial charge is 0.468 e. The van der Waals surface area contributed by atoms with Crippen molar-refractivity contribution in [3.63, 3.8) is 0 Å². The number of nitrogens with zero attached hydrogens (tertiary/aromatic N) is 3. The van der Waals surface area contributed by atoms with Crippen LogP contribution in [0.2, 0.25) is 0 Å². The summed E-state index contributed by atoms with van der Waals surface area (Å²) >= 11 is 1.28. The Morgan fingerprint density at radius 2 is 1.96 bits per heavy atom. The van der Waals surface area contributed by atoms with Gasteiger partial charge in [0.15, 0.2) is 5.16 Å². The molecule has 0 saturated heterocycles. The SMILES string of the molecule is COC(=O)CNC(=O)CSc1nc(-c2ccccc2)c2c(C)cc(C)nn12. The van der Waals surface area contributed by atoms with Gasteiger partial charge < -0.3 is 10.1 Å². The van der Waals surface area contributed by atoms with Crippen molar-refractivity contribution in [1.29, 1.82) is 0 Å². The van der Waals surface area contributed by atoms with Crippen molar-refractivity contribution in [3.05, 3.63) is 47.7 Å². The third kappa shape index (κ3) is 4.28. The van der Waals surface area contributed by atoms with E-state index < -0.39 is 5.97 Å². The topological polar surface area (TPSA) is 85.6 Å². The molecule has 0 bridgehead atoms. The summed E-state index contributed by atoms with van der Waals surface area (Å²) in [5.41, 5.74) is 4.68. The number of aromatic nitrogens is 3. The molecule has 3 rings (SSSR count). The van der Waals surface area contributed by atoms with E-state index in [9.17, 15) is 9.59 Å². The van der Waals surface area contributed by atoms with E-state index in [1.807, 2.05) is 50.2 Å². The van der Waals surface area contributed by atoms with Crippen LogP contribution < -0.4 is 5.32 Å². The van der Waals surface area contributed by atoms with Gasteiger partial charge >= 0.3 is 5.97 Å². The van der Waals surface area contributed by atoms with Crippen LogP contribution in [0.4, 0.5) is 0 Å². The number of imidazole rings is 1. The summed E-state index contributed by atoms with van der Waals surface area (Å²) in [5.74, 6) is -0.634. The Balaban J connectivity index is 1.89. The van der Waals surface area contributed by atoms with Crippen LogP contribution in [0, 0.1) is 13.8 Å². The molecule has 0 aliphatic rings. The van der Waals surface area contributed by atoms with Gasteiger partial charge in [0.2, 0.25) is 5.91 Å². The van der Waals surface area contributed by atoms with Crippen molar-refractivity contribution in [2.75, 3.05) is 19.4 Å². The van der Waals surface area contributed by atoms with Gasteiger partial charge in [-0.15, -0.1) is 0 Å². The Morgan fingerprint density at radius 3 is 2.67 bits per heavy atom. The van der Waals surface area contributed by atoms with Gasteiger partial charge in [0.1, 0.15) is 6.54 Å². The molecule has 27 heavy (non-hydrogen) atoms. The second kappa shape index (κ2) is 8.22. The van der Waals surface area contributed by atoms with E-state index in [4.69, 9.17) is 4.98 Å². The molecule has 8 heteroatoms. The number of amides is 1. The Bertz CT molecular complexity index is 986. The number of benzene rings is 1. The molecule has 0 spiro atoms. The monoisotopic (exact) mass is 384 g/mol. The van der Waals surface area contributed by atoms with Crippen LogP contribution in [0.3, 0.4) is 0 Å². The van der Waals surface area contributed by atoms with Crippen LogP contribution in [-0.2, 0) is 14.3 Å². The number of hydrogen-bond acceptors (Lipinski definition) is 6. The lowest BCUT2D eigenvalue weighted by atomic mass is 10.1. The van der Waals surface area contributed by atoms with Gasteiger partial charge in [0.25, 0.3) is 0 Å². The van der Waals surface area contributed by atoms with Crippen molar-refractivity contribution in [2.24, 2.45) is 0 Å². The molecular formula is C19H20N4O3S. The Hall–Kier alpha value is -2.87. The number of thioether (sulfide) groups is 1. The standard InChI is InChI=1S/C19H20N4O3S/c1-12-9-13(2)22-23-18(12)17(14-7-5-4-6-8-14)21-19(23)27-11-15(24)20-10-16(25)26-3/h4-9H,10-11H2,1-3H3,(H,20,24). The summed E-state index contributed by atoms with van der Waals surface area (Å²) in [5, 5.41) is 7.73. The summed E-state index contributed by atoms with van der Waals surface area (Å²) in [6.07, 6.45) is 0. The highest BCUT2D eigenvalue weighted by Crippen LogP contribution is 2.30. The van der Waals surface area contributed by atoms with Crippen LogP contribution in [-0.4, -0.2) is 45.9 Å². The summed E-state index contributed by atoms with van der Waals surface area (Å²) < 4.78 is 6.30. The first-order valence-corrected chi connectivity index (χ1v) is 9.37. The number of aryl methyl sites for hydroxylation is 2. The second-order valence-electron chi connectivity index (χ2n) is 5.98. The van der Waals surface area contributed by atoms with Crippen molar-refractivity contribution >= 4 is 29.2 Å². The minimum atomic E-state index is -0.487. The summed E-state index contributed by atoms with van der Waals surface area (Å²) in [6.45, 7) is 3.80. The van der Waals surface area contributed by atoms with Gasteiger partial charge in [0.05, 0.1) is 29.8 Å². The van der Waals surface area contributed by atoms with Crippen molar-refractivity contribution in [2.45, 2.75) is 19.0 Å². The lowest BCUT2D eigenvalue weighted by Gasteiger charge is -2.05. The molecule has 7 nitrogen and oxygen atoms in total. The number of ether oxygens (including phenoxy) is 1. The molecule has 0 unspecified atom stereocenters. The quantitative estimate of drug-likeness (QED) is 0.519. The third-order valence-corrected chi connectivity index (χ3v) is 4.85. The van der Waals surface area contributed by atoms with Gasteiger partial charge in [-0.1, -0.05) is 42.1 Å². The predicted molar refractivity (Wildman–Crippen MR) is 104 cm³/mol.